The molecule has 0 N–H and O–H groups in total. The maximum absolute atomic E-state index is 12.6. The van der Waals surface area contributed by atoms with Gasteiger partial charge in [0.05, 0.1) is 7.11 Å². The van der Waals surface area contributed by atoms with Gasteiger partial charge in [-0.2, -0.15) is 4.98 Å². The van der Waals surface area contributed by atoms with Crippen molar-refractivity contribution < 1.29 is 18.4 Å². The van der Waals surface area contributed by atoms with Crippen LogP contribution in [0.15, 0.2) is 28.8 Å². The summed E-state index contributed by atoms with van der Waals surface area (Å²) in [5.41, 5.74) is 0.532. The second-order valence-electron chi connectivity index (χ2n) is 2.92. The molecule has 0 aliphatic carbocycles. The molecule has 0 amide bonds. The summed E-state index contributed by atoms with van der Waals surface area (Å²) < 4.78 is 21.9. The van der Waals surface area contributed by atoms with E-state index >= 15 is 0 Å². The summed E-state index contributed by atoms with van der Waals surface area (Å²) in [6, 6.07) is 5.47. The number of carbonyl (C=O) groups excluding carboxylic acids is 1. The van der Waals surface area contributed by atoms with Gasteiger partial charge in [0, 0.05) is 5.56 Å². The standard InChI is InChI=1S/C10H7FN2O3/c1-15-10(14)8-12-9(16-13-8)6-2-4-7(11)5-3-6/h2-5H,1H3. The lowest BCUT2D eigenvalue weighted by atomic mass is 10.2. The van der Waals surface area contributed by atoms with Crippen LogP contribution in [0.4, 0.5) is 4.39 Å². The summed E-state index contributed by atoms with van der Waals surface area (Å²) in [5, 5.41) is 3.43. The molecule has 5 nitrogen and oxygen atoms in total. The first-order valence-electron chi connectivity index (χ1n) is 4.38. The molecule has 82 valence electrons. The van der Waals surface area contributed by atoms with Crippen LogP contribution in [-0.4, -0.2) is 23.2 Å². The van der Waals surface area contributed by atoms with E-state index in [0.717, 1.165) is 0 Å². The van der Waals surface area contributed by atoms with Crippen molar-refractivity contribution in [3.05, 3.63) is 35.9 Å². The predicted molar refractivity (Wildman–Crippen MR) is 51.0 cm³/mol. The topological polar surface area (TPSA) is 65.2 Å². The Labute approximate surface area is 89.8 Å². The van der Waals surface area contributed by atoms with Crippen LogP contribution >= 0.6 is 0 Å². The molecule has 6 heteroatoms. The van der Waals surface area contributed by atoms with Gasteiger partial charge in [0.1, 0.15) is 5.82 Å². The van der Waals surface area contributed by atoms with Gasteiger partial charge in [-0.15, -0.1) is 0 Å². The summed E-state index contributed by atoms with van der Waals surface area (Å²) in [7, 11) is 1.22. The number of ether oxygens (including phenoxy) is 1. The van der Waals surface area contributed by atoms with Crippen molar-refractivity contribution in [2.24, 2.45) is 0 Å². The van der Waals surface area contributed by atoms with Gasteiger partial charge in [-0.3, -0.25) is 0 Å². The summed E-state index contributed by atoms with van der Waals surface area (Å²) in [6.07, 6.45) is 0. The molecule has 1 heterocycles. The van der Waals surface area contributed by atoms with E-state index in [4.69, 9.17) is 4.52 Å². The zero-order valence-corrected chi connectivity index (χ0v) is 8.31. The molecule has 0 aliphatic heterocycles. The van der Waals surface area contributed by atoms with E-state index in [2.05, 4.69) is 14.9 Å². The third-order valence-corrected chi connectivity index (χ3v) is 1.89. The Bertz CT molecular complexity index is 507. The van der Waals surface area contributed by atoms with Crippen LogP contribution in [0.5, 0.6) is 0 Å². The molecular formula is C10H7FN2O3. The second kappa shape index (κ2) is 4.09. The van der Waals surface area contributed by atoms with Gasteiger partial charge in [-0.05, 0) is 29.4 Å². The van der Waals surface area contributed by atoms with Gasteiger partial charge in [-0.25, -0.2) is 9.18 Å². The van der Waals surface area contributed by atoms with Crippen molar-refractivity contribution in [2.45, 2.75) is 0 Å². The maximum atomic E-state index is 12.6. The van der Waals surface area contributed by atoms with Crippen molar-refractivity contribution in [3.63, 3.8) is 0 Å². The molecule has 1 aromatic carbocycles. The predicted octanol–water partition coefficient (Wildman–Crippen LogP) is 1.66. The minimum Gasteiger partial charge on any atom is -0.463 e. The lowest BCUT2D eigenvalue weighted by Crippen LogP contribution is -2.03. The zero-order chi connectivity index (χ0) is 11.5. The average Bonchev–Trinajstić information content (AvgIpc) is 2.78. The van der Waals surface area contributed by atoms with Crippen molar-refractivity contribution in [1.82, 2.24) is 10.1 Å². The molecule has 0 spiro atoms. The van der Waals surface area contributed by atoms with Crippen LogP contribution in [0.2, 0.25) is 0 Å². The fourth-order valence-corrected chi connectivity index (χ4v) is 1.11. The third kappa shape index (κ3) is 1.90. The van der Waals surface area contributed by atoms with E-state index < -0.39 is 5.97 Å². The maximum Gasteiger partial charge on any atom is 0.379 e. The Kier molecular flexibility index (Phi) is 2.63. The van der Waals surface area contributed by atoms with Crippen LogP contribution in [0.1, 0.15) is 10.6 Å². The molecule has 0 aliphatic rings. The number of nitrogens with zero attached hydrogens (tertiary/aromatic N) is 2. The first-order chi connectivity index (χ1) is 7.70. The second-order valence-corrected chi connectivity index (χ2v) is 2.92. The van der Waals surface area contributed by atoms with Crippen LogP contribution in [0.3, 0.4) is 0 Å². The summed E-state index contributed by atoms with van der Waals surface area (Å²) in [4.78, 5) is 14.9. The minimum absolute atomic E-state index is 0.139. The van der Waals surface area contributed by atoms with Crippen LogP contribution in [0.25, 0.3) is 11.5 Å². The summed E-state index contributed by atoms with van der Waals surface area (Å²) in [6.45, 7) is 0. The highest BCUT2D eigenvalue weighted by Gasteiger charge is 2.15. The Hall–Kier alpha value is -2.24. The van der Waals surface area contributed by atoms with Gasteiger partial charge in [0.25, 0.3) is 11.7 Å². The average molecular weight is 222 g/mol. The normalized spacial score (nSPS) is 10.1. The Morgan fingerprint density at radius 2 is 2.06 bits per heavy atom. The monoisotopic (exact) mass is 222 g/mol. The lowest BCUT2D eigenvalue weighted by molar-refractivity contribution is 0.0583. The molecule has 16 heavy (non-hydrogen) atoms. The lowest BCUT2D eigenvalue weighted by Gasteiger charge is -1.92. The first kappa shape index (κ1) is 10.3. The van der Waals surface area contributed by atoms with Crippen molar-refractivity contribution in [1.29, 1.82) is 0 Å². The van der Waals surface area contributed by atoms with Crippen LogP contribution in [0, 0.1) is 5.82 Å². The fraction of sp³-hybridized carbons (Fsp3) is 0.100. The molecular weight excluding hydrogens is 215 g/mol. The summed E-state index contributed by atoms with van der Waals surface area (Å²) >= 11 is 0. The number of halogens is 1. The molecule has 0 saturated heterocycles. The Morgan fingerprint density at radius 3 is 2.69 bits per heavy atom. The molecule has 0 fully saturated rings. The number of carbonyl (C=O) groups is 1. The molecule has 2 aromatic rings. The summed E-state index contributed by atoms with van der Waals surface area (Å²) in [5.74, 6) is -1.07. The van der Waals surface area contributed by atoms with Gasteiger partial charge in [-0.1, -0.05) is 0 Å². The molecule has 0 unspecified atom stereocenters. The van der Waals surface area contributed by atoms with E-state index in [-0.39, 0.29) is 17.5 Å². The highest BCUT2D eigenvalue weighted by Crippen LogP contribution is 2.17. The number of hydrogen-bond acceptors (Lipinski definition) is 5. The van der Waals surface area contributed by atoms with E-state index in [0.29, 0.717) is 5.56 Å². The van der Waals surface area contributed by atoms with E-state index in [1.807, 2.05) is 0 Å². The van der Waals surface area contributed by atoms with Gasteiger partial charge >= 0.3 is 5.97 Å². The molecule has 0 saturated carbocycles. The third-order valence-electron chi connectivity index (χ3n) is 1.89. The molecule has 0 radical (unpaired) electrons. The minimum atomic E-state index is -0.683. The van der Waals surface area contributed by atoms with Crippen molar-refractivity contribution >= 4 is 5.97 Å². The largest absolute Gasteiger partial charge is 0.463 e. The van der Waals surface area contributed by atoms with E-state index in [1.54, 1.807) is 0 Å². The number of rotatable bonds is 2. The highest BCUT2D eigenvalue weighted by molar-refractivity contribution is 5.85. The molecule has 0 bridgehead atoms. The van der Waals surface area contributed by atoms with Crippen molar-refractivity contribution in [3.8, 4) is 11.5 Å². The zero-order valence-electron chi connectivity index (χ0n) is 8.31. The van der Waals surface area contributed by atoms with Gasteiger partial charge in [0.2, 0.25) is 0 Å². The highest BCUT2D eigenvalue weighted by atomic mass is 19.1. The number of methoxy groups -OCH3 is 1. The van der Waals surface area contributed by atoms with Crippen molar-refractivity contribution in [2.75, 3.05) is 7.11 Å². The number of esters is 1. The first-order valence-corrected chi connectivity index (χ1v) is 4.38. The Balaban J connectivity index is 2.31. The van der Waals surface area contributed by atoms with E-state index in [9.17, 15) is 9.18 Å². The number of aromatic nitrogens is 2. The van der Waals surface area contributed by atoms with Gasteiger partial charge < -0.3 is 9.26 Å². The van der Waals surface area contributed by atoms with Crippen LogP contribution in [-0.2, 0) is 4.74 Å². The smallest absolute Gasteiger partial charge is 0.379 e. The Morgan fingerprint density at radius 1 is 1.38 bits per heavy atom. The SMILES string of the molecule is COC(=O)c1noc(-c2ccc(F)cc2)n1. The quantitative estimate of drug-likeness (QED) is 0.723. The molecule has 0 atom stereocenters. The number of hydrogen-bond donors (Lipinski definition) is 0. The fourth-order valence-electron chi connectivity index (χ4n) is 1.11. The van der Waals surface area contributed by atoms with Gasteiger partial charge in [0.15, 0.2) is 0 Å². The molecule has 2 rings (SSSR count). The number of benzene rings is 1. The molecule has 1 aromatic heterocycles. The van der Waals surface area contributed by atoms with Crippen LogP contribution < -0.4 is 0 Å². The van der Waals surface area contributed by atoms with E-state index in [1.165, 1.54) is 31.4 Å².